The average molecular weight is 494 g/mol. The zero-order valence-electron chi connectivity index (χ0n) is 18.9. The van der Waals surface area contributed by atoms with Crippen LogP contribution in [0.25, 0.3) is 16.6 Å². The molecule has 1 aliphatic rings. The number of rotatable bonds is 5. The molecule has 0 bridgehead atoms. The smallest absolute Gasteiger partial charge is 0.274 e. The predicted octanol–water partition coefficient (Wildman–Crippen LogP) is 4.56. The molecule has 0 radical (unpaired) electrons. The van der Waals surface area contributed by atoms with Crippen LogP contribution in [0.2, 0.25) is 0 Å². The number of sulfonamides is 1. The molecule has 180 valence electrons. The largest absolute Gasteiger partial charge is 0.279 e. The highest BCUT2D eigenvalue weighted by Crippen LogP contribution is 2.32. The summed E-state index contributed by atoms with van der Waals surface area (Å²) in [5.74, 6) is -1.45. The van der Waals surface area contributed by atoms with Crippen molar-refractivity contribution in [3.63, 3.8) is 0 Å². The number of nitrogens with one attached hydrogen (secondary N) is 1. The third kappa shape index (κ3) is 4.39. The van der Waals surface area contributed by atoms with Gasteiger partial charge in [0.05, 0.1) is 27.5 Å². The number of carbonyl (C=O) groups excluding carboxylic acids is 1. The molecule has 1 N–H and O–H groups in total. The van der Waals surface area contributed by atoms with E-state index < -0.39 is 21.7 Å². The standard InChI is InChI=1S/C26H24FN3O4S/c27-19-12-14-22(15-13-19)35(33,34)28-25(31)18-11-16-24-23(17-18)26(32)30(21-9-5-2-6-10-21)29(24)20-7-3-1-4-8-20/h2,5-6,9-17,20H,1,3-4,7-8H2,(H,28,31). The Labute approximate surface area is 201 Å². The predicted molar refractivity (Wildman–Crippen MR) is 131 cm³/mol. The number of hydrogen-bond donors (Lipinski definition) is 1. The molecule has 0 atom stereocenters. The number of halogens is 1. The molecular formula is C26H24FN3O4S. The molecule has 3 aromatic carbocycles. The Balaban J connectivity index is 1.57. The minimum atomic E-state index is -4.21. The molecule has 0 saturated heterocycles. The fourth-order valence-electron chi connectivity index (χ4n) is 4.72. The third-order valence-electron chi connectivity index (χ3n) is 6.42. The maximum atomic E-state index is 13.6. The number of carbonyl (C=O) groups is 1. The lowest BCUT2D eigenvalue weighted by Gasteiger charge is -2.26. The Morgan fingerprint density at radius 3 is 2.29 bits per heavy atom. The van der Waals surface area contributed by atoms with Gasteiger partial charge >= 0.3 is 0 Å². The molecule has 0 aliphatic heterocycles. The number of hydrogen-bond acceptors (Lipinski definition) is 4. The van der Waals surface area contributed by atoms with Crippen LogP contribution in [-0.2, 0) is 10.0 Å². The lowest BCUT2D eigenvalue weighted by atomic mass is 9.95. The summed E-state index contributed by atoms with van der Waals surface area (Å²) >= 11 is 0. The van der Waals surface area contributed by atoms with Crippen LogP contribution >= 0.6 is 0 Å². The topological polar surface area (TPSA) is 90.2 Å². The van der Waals surface area contributed by atoms with Crippen LogP contribution in [0.1, 0.15) is 48.5 Å². The molecule has 5 rings (SSSR count). The monoisotopic (exact) mass is 493 g/mol. The lowest BCUT2D eigenvalue weighted by Crippen LogP contribution is -2.30. The van der Waals surface area contributed by atoms with Crippen molar-refractivity contribution in [3.8, 4) is 5.69 Å². The Kier molecular flexibility index (Phi) is 6.02. The van der Waals surface area contributed by atoms with Gasteiger partial charge < -0.3 is 0 Å². The van der Waals surface area contributed by atoms with Crippen molar-refractivity contribution in [2.75, 3.05) is 0 Å². The molecule has 0 unspecified atom stereocenters. The number of amides is 1. The number of nitrogens with zero attached hydrogens (tertiary/aromatic N) is 2. The van der Waals surface area contributed by atoms with E-state index in [0.717, 1.165) is 62.1 Å². The molecule has 1 saturated carbocycles. The normalized spacial score (nSPS) is 14.8. The molecule has 1 heterocycles. The zero-order chi connectivity index (χ0) is 24.6. The summed E-state index contributed by atoms with van der Waals surface area (Å²) in [5, 5.41) is 0.339. The molecule has 4 aromatic rings. The molecule has 9 heteroatoms. The molecule has 1 aliphatic carbocycles. The van der Waals surface area contributed by atoms with Crippen LogP contribution in [0.4, 0.5) is 4.39 Å². The minimum absolute atomic E-state index is 0.0429. The van der Waals surface area contributed by atoms with Crippen molar-refractivity contribution in [2.24, 2.45) is 0 Å². The van der Waals surface area contributed by atoms with Crippen molar-refractivity contribution in [3.05, 3.63) is 94.5 Å². The van der Waals surface area contributed by atoms with Gasteiger partial charge in [0.15, 0.2) is 0 Å². The van der Waals surface area contributed by atoms with Crippen molar-refractivity contribution >= 4 is 26.8 Å². The van der Waals surface area contributed by atoms with Gasteiger partial charge in [-0.3, -0.25) is 14.3 Å². The van der Waals surface area contributed by atoms with E-state index in [1.54, 1.807) is 10.7 Å². The summed E-state index contributed by atoms with van der Waals surface area (Å²) in [6, 6.07) is 18.3. The fourth-order valence-corrected chi connectivity index (χ4v) is 5.69. The fraction of sp³-hybridized carbons (Fsp3) is 0.231. The van der Waals surface area contributed by atoms with Crippen molar-refractivity contribution in [1.82, 2.24) is 14.1 Å². The van der Waals surface area contributed by atoms with Crippen LogP contribution in [-0.4, -0.2) is 23.7 Å². The van der Waals surface area contributed by atoms with Crippen LogP contribution in [0.15, 0.2) is 82.5 Å². The van der Waals surface area contributed by atoms with Crippen molar-refractivity contribution < 1.29 is 17.6 Å². The quantitative estimate of drug-likeness (QED) is 0.442. The summed E-state index contributed by atoms with van der Waals surface area (Å²) in [6.45, 7) is 0. The Bertz CT molecular complexity index is 1550. The maximum Gasteiger partial charge on any atom is 0.279 e. The van der Waals surface area contributed by atoms with E-state index in [1.807, 2.05) is 39.7 Å². The molecule has 1 fully saturated rings. The summed E-state index contributed by atoms with van der Waals surface area (Å²) in [4.78, 5) is 26.2. The van der Waals surface area contributed by atoms with Gasteiger partial charge in [-0.1, -0.05) is 37.5 Å². The molecule has 35 heavy (non-hydrogen) atoms. The van der Waals surface area contributed by atoms with E-state index in [9.17, 15) is 22.4 Å². The Hall–Kier alpha value is -3.72. The van der Waals surface area contributed by atoms with Gasteiger partial charge in [-0.15, -0.1) is 0 Å². The van der Waals surface area contributed by atoms with Gasteiger partial charge in [-0.2, -0.15) is 0 Å². The SMILES string of the molecule is O=C(NS(=O)(=O)c1ccc(F)cc1)c1ccc2c(c1)c(=O)n(-c1ccccc1)n2C1CCCCC1. The first kappa shape index (κ1) is 23.0. The first-order valence-corrected chi connectivity index (χ1v) is 13.0. The van der Waals surface area contributed by atoms with Gasteiger partial charge in [0.1, 0.15) is 5.82 Å². The van der Waals surface area contributed by atoms with Crippen LogP contribution in [0.3, 0.4) is 0 Å². The van der Waals surface area contributed by atoms with Crippen LogP contribution < -0.4 is 10.3 Å². The van der Waals surface area contributed by atoms with E-state index in [0.29, 0.717) is 10.9 Å². The second-order valence-corrected chi connectivity index (χ2v) is 10.4. The van der Waals surface area contributed by atoms with Gasteiger partial charge in [0.2, 0.25) is 0 Å². The summed E-state index contributed by atoms with van der Waals surface area (Å²) < 4.78 is 44.0. The number of benzene rings is 3. The highest BCUT2D eigenvalue weighted by atomic mass is 32.2. The van der Waals surface area contributed by atoms with Crippen LogP contribution in [0.5, 0.6) is 0 Å². The van der Waals surface area contributed by atoms with E-state index in [2.05, 4.69) is 0 Å². The highest BCUT2D eigenvalue weighted by Gasteiger charge is 2.25. The van der Waals surface area contributed by atoms with Crippen molar-refractivity contribution in [1.29, 1.82) is 0 Å². The van der Waals surface area contributed by atoms with Gasteiger partial charge in [0.25, 0.3) is 21.5 Å². The summed E-state index contributed by atoms with van der Waals surface area (Å²) in [5.41, 5.74) is 1.20. The summed E-state index contributed by atoms with van der Waals surface area (Å²) in [7, 11) is -4.21. The van der Waals surface area contributed by atoms with E-state index >= 15 is 0 Å². The lowest BCUT2D eigenvalue weighted by molar-refractivity contribution is 0.0981. The molecule has 7 nitrogen and oxygen atoms in total. The second-order valence-electron chi connectivity index (χ2n) is 8.71. The number of aromatic nitrogens is 2. The van der Waals surface area contributed by atoms with E-state index in [-0.39, 0.29) is 22.1 Å². The molecular weight excluding hydrogens is 469 g/mol. The first-order valence-electron chi connectivity index (χ1n) is 11.5. The number of fused-ring (bicyclic) bond motifs is 1. The maximum absolute atomic E-state index is 13.6. The number of para-hydroxylation sites is 1. The van der Waals surface area contributed by atoms with Gasteiger partial charge in [0, 0.05) is 5.56 Å². The minimum Gasteiger partial charge on any atom is -0.274 e. The average Bonchev–Trinajstić information content (AvgIpc) is 3.17. The van der Waals surface area contributed by atoms with E-state index in [4.69, 9.17) is 0 Å². The van der Waals surface area contributed by atoms with E-state index in [1.165, 1.54) is 12.1 Å². The second kappa shape index (κ2) is 9.14. The van der Waals surface area contributed by atoms with Crippen molar-refractivity contribution in [2.45, 2.75) is 43.0 Å². The summed E-state index contributed by atoms with van der Waals surface area (Å²) in [6.07, 6.45) is 5.23. The van der Waals surface area contributed by atoms with Gasteiger partial charge in [-0.25, -0.2) is 22.2 Å². The molecule has 0 spiro atoms. The third-order valence-corrected chi connectivity index (χ3v) is 7.76. The Morgan fingerprint density at radius 1 is 0.914 bits per heavy atom. The Morgan fingerprint density at radius 2 is 1.60 bits per heavy atom. The zero-order valence-corrected chi connectivity index (χ0v) is 19.7. The molecule has 1 amide bonds. The van der Waals surface area contributed by atoms with Gasteiger partial charge in [-0.05, 0) is 67.4 Å². The first-order chi connectivity index (χ1) is 16.8. The van der Waals surface area contributed by atoms with Crippen LogP contribution in [0, 0.1) is 5.82 Å². The molecule has 1 aromatic heterocycles. The highest BCUT2D eigenvalue weighted by molar-refractivity contribution is 7.90.